The Bertz CT molecular complexity index is 1770. The van der Waals surface area contributed by atoms with Crippen molar-refractivity contribution >= 4 is 16.8 Å². The molecule has 0 radical (unpaired) electrons. The van der Waals surface area contributed by atoms with Crippen LogP contribution in [0.15, 0.2) is 65.5 Å². The average molecular weight is 620 g/mol. The third-order valence-corrected chi connectivity index (χ3v) is 7.79. The van der Waals surface area contributed by atoms with Crippen molar-refractivity contribution in [2.75, 3.05) is 37.7 Å². The van der Waals surface area contributed by atoms with Crippen molar-refractivity contribution in [3.8, 4) is 28.4 Å². The molecular weight excluding hydrogens is 582 g/mol. The van der Waals surface area contributed by atoms with Gasteiger partial charge >= 0.3 is 6.10 Å². The first-order valence-electron chi connectivity index (χ1n) is 14.8. The number of aryl methyl sites for hydroxylation is 1. The van der Waals surface area contributed by atoms with Gasteiger partial charge in [0.2, 0.25) is 5.91 Å². The van der Waals surface area contributed by atoms with Gasteiger partial charge < -0.3 is 39.6 Å². The average Bonchev–Trinajstić information content (AvgIpc) is 3.76. The fraction of sp³-hybridized carbons (Fsp3) is 0.387. The Hall–Kier alpha value is -4.15. The summed E-state index contributed by atoms with van der Waals surface area (Å²) in [6.07, 6.45) is 1.82. The van der Waals surface area contributed by atoms with Gasteiger partial charge in [-0.05, 0) is 25.5 Å². The largest absolute Gasteiger partial charge is 0.452 e. The van der Waals surface area contributed by atoms with Crippen LogP contribution in [0.5, 0.6) is 0 Å². The van der Waals surface area contributed by atoms with Crippen molar-refractivity contribution in [1.82, 2.24) is 29.4 Å². The van der Waals surface area contributed by atoms with E-state index in [1.54, 1.807) is 24.0 Å². The smallest absolute Gasteiger partial charge is 0.350 e. The Morgan fingerprint density at radius 1 is 1.00 bits per heavy atom. The van der Waals surface area contributed by atoms with Crippen molar-refractivity contribution in [2.45, 2.75) is 45.2 Å². The fourth-order valence-corrected chi connectivity index (χ4v) is 5.56. The van der Waals surface area contributed by atoms with Gasteiger partial charge in [0.1, 0.15) is 11.3 Å². The zero-order valence-electron chi connectivity index (χ0n) is 25.1. The number of aliphatic hydroxyl groups is 5. The first-order chi connectivity index (χ1) is 21.5. The molecule has 5 N–H and O–H groups in total. The lowest BCUT2D eigenvalue weighted by Crippen LogP contribution is -2.62. The number of morpholine rings is 1. The minimum Gasteiger partial charge on any atom is -0.452 e. The van der Waals surface area contributed by atoms with Crippen molar-refractivity contribution in [3.63, 3.8) is 0 Å². The summed E-state index contributed by atoms with van der Waals surface area (Å²) in [5, 5.41) is 58.9. The van der Waals surface area contributed by atoms with Gasteiger partial charge in [0.15, 0.2) is 11.4 Å². The molecule has 5 heterocycles. The summed E-state index contributed by atoms with van der Waals surface area (Å²) in [5.74, 6) is -1.50. The fourth-order valence-electron chi connectivity index (χ4n) is 5.56. The van der Waals surface area contributed by atoms with Crippen molar-refractivity contribution in [3.05, 3.63) is 66.6 Å². The van der Waals surface area contributed by atoms with E-state index in [4.69, 9.17) is 19.2 Å². The molecule has 14 nitrogen and oxygen atoms in total. The molecule has 1 fully saturated rings. The quantitative estimate of drug-likeness (QED) is 0.136. The van der Waals surface area contributed by atoms with Crippen LogP contribution >= 0.6 is 0 Å². The topological polar surface area (TPSA) is 179 Å². The molecule has 0 saturated carbocycles. The highest BCUT2D eigenvalue weighted by molar-refractivity contribution is 5.91. The lowest BCUT2D eigenvalue weighted by atomic mass is 10.1. The summed E-state index contributed by atoms with van der Waals surface area (Å²) in [7, 11) is 0. The number of benzene rings is 1. The van der Waals surface area contributed by atoms with Crippen LogP contribution in [0.2, 0.25) is 0 Å². The molecular formula is C31H37N7O7. The molecule has 1 aromatic carbocycles. The Kier molecular flexibility index (Phi) is 8.45. The second-order valence-electron chi connectivity index (χ2n) is 11.2. The second kappa shape index (κ2) is 12.3. The number of hydrogen-bond donors (Lipinski definition) is 5. The van der Waals surface area contributed by atoms with E-state index >= 15 is 0 Å². The Labute approximate surface area is 258 Å². The summed E-state index contributed by atoms with van der Waals surface area (Å²) < 4.78 is 15.2. The minimum absolute atomic E-state index is 0.000238. The first kappa shape index (κ1) is 30.9. The van der Waals surface area contributed by atoms with Crippen molar-refractivity contribution in [1.29, 1.82) is 0 Å². The monoisotopic (exact) mass is 619 g/mol. The first-order valence-corrected chi connectivity index (χ1v) is 14.8. The van der Waals surface area contributed by atoms with E-state index in [0.29, 0.717) is 65.9 Å². The van der Waals surface area contributed by atoms with Crippen LogP contribution in [-0.4, -0.2) is 99.8 Å². The molecule has 5 aromatic rings. The number of furan rings is 1. The van der Waals surface area contributed by atoms with Gasteiger partial charge in [-0.1, -0.05) is 30.7 Å². The van der Waals surface area contributed by atoms with E-state index in [1.807, 2.05) is 49.5 Å². The number of hydrogen-bond acceptors (Lipinski definition) is 12. The molecule has 14 heteroatoms. The van der Waals surface area contributed by atoms with Gasteiger partial charge in [0.05, 0.1) is 42.9 Å². The minimum atomic E-state index is -3.44. The van der Waals surface area contributed by atoms with Crippen LogP contribution in [0.1, 0.15) is 25.3 Å². The van der Waals surface area contributed by atoms with Crippen LogP contribution in [0.3, 0.4) is 0 Å². The highest BCUT2D eigenvalue weighted by Gasteiger charge is 2.43. The predicted octanol–water partition coefficient (Wildman–Crippen LogP) is 2.02. The summed E-state index contributed by atoms with van der Waals surface area (Å²) in [6.45, 7) is 5.97. The third kappa shape index (κ3) is 6.62. The molecule has 1 aliphatic rings. The number of fused-ring (bicyclic) bond motifs is 1. The summed E-state index contributed by atoms with van der Waals surface area (Å²) >= 11 is 0. The molecule has 45 heavy (non-hydrogen) atoms. The van der Waals surface area contributed by atoms with Crippen LogP contribution in [0.4, 0.5) is 5.69 Å². The SMILES string of the molecule is CCCC(O)(O)N(CCn1cc(-c2cc3nc(-n4ccc(-c5cccc(C)c5)n4)cc(N4CCOCC4)c3o2)cn1)C(O)(O)O. The lowest BCUT2D eigenvalue weighted by Gasteiger charge is -2.39. The molecule has 0 amide bonds. The Morgan fingerprint density at radius 2 is 1.80 bits per heavy atom. The molecule has 1 saturated heterocycles. The van der Waals surface area contributed by atoms with Gasteiger partial charge in [-0.3, -0.25) is 4.68 Å². The number of ether oxygens (including phenoxy) is 1. The maximum atomic E-state index is 10.3. The molecule has 0 unspecified atom stereocenters. The van der Waals surface area contributed by atoms with E-state index in [0.717, 1.165) is 22.5 Å². The molecule has 0 aliphatic carbocycles. The molecule has 1 aliphatic heterocycles. The highest BCUT2D eigenvalue weighted by Crippen LogP contribution is 2.35. The molecule has 238 valence electrons. The van der Waals surface area contributed by atoms with Gasteiger partial charge in [-0.15, -0.1) is 0 Å². The van der Waals surface area contributed by atoms with Gasteiger partial charge in [-0.25, -0.2) is 9.67 Å². The Balaban J connectivity index is 1.31. The summed E-state index contributed by atoms with van der Waals surface area (Å²) in [5.41, 5.74) is 5.74. The van der Waals surface area contributed by atoms with E-state index in [-0.39, 0.29) is 19.5 Å². The van der Waals surface area contributed by atoms with Crippen LogP contribution in [-0.2, 0) is 11.3 Å². The van der Waals surface area contributed by atoms with Crippen molar-refractivity contribution in [2.24, 2.45) is 0 Å². The van der Waals surface area contributed by atoms with Crippen LogP contribution in [0, 0.1) is 6.92 Å². The molecule has 6 rings (SSSR count). The number of nitrogens with zero attached hydrogens (tertiary/aromatic N) is 7. The standard InChI is InChI=1S/C31H37N7O7/c1-3-8-30(39,40)38(31(41,42)43)11-10-36-20-23(19-32-36)27-17-25-29(45-27)26(35-12-14-44-15-13-35)18-28(33-25)37-9-7-24(34-37)22-6-4-5-21(2)16-22/h4-7,9,16-20,39-43H,3,8,10-15H2,1-2H3. The number of aromatic nitrogens is 5. The van der Waals surface area contributed by atoms with E-state index in [2.05, 4.69) is 16.1 Å². The van der Waals surface area contributed by atoms with Gasteiger partial charge in [0.25, 0.3) is 0 Å². The zero-order valence-corrected chi connectivity index (χ0v) is 25.1. The van der Waals surface area contributed by atoms with Crippen molar-refractivity contribution < 1.29 is 34.7 Å². The number of anilines is 1. The van der Waals surface area contributed by atoms with E-state index in [9.17, 15) is 25.5 Å². The van der Waals surface area contributed by atoms with Crippen LogP contribution in [0.25, 0.3) is 39.5 Å². The maximum absolute atomic E-state index is 10.3. The molecule has 4 aromatic heterocycles. The lowest BCUT2D eigenvalue weighted by molar-refractivity contribution is -0.462. The van der Waals surface area contributed by atoms with E-state index in [1.165, 1.54) is 4.68 Å². The zero-order chi connectivity index (χ0) is 31.8. The predicted molar refractivity (Wildman–Crippen MR) is 164 cm³/mol. The second-order valence-corrected chi connectivity index (χ2v) is 11.2. The third-order valence-electron chi connectivity index (χ3n) is 7.79. The normalized spacial score (nSPS) is 14.6. The molecule has 0 bridgehead atoms. The molecule has 0 atom stereocenters. The van der Waals surface area contributed by atoms with Gasteiger partial charge in [-0.2, -0.15) is 15.1 Å². The van der Waals surface area contributed by atoms with Crippen LogP contribution < -0.4 is 4.90 Å². The summed E-state index contributed by atoms with van der Waals surface area (Å²) in [6, 6.07) is 13.9. The molecule has 0 spiro atoms. The number of rotatable bonds is 11. The number of pyridine rings is 1. The highest BCUT2D eigenvalue weighted by atomic mass is 16.7. The van der Waals surface area contributed by atoms with Gasteiger partial charge in [0, 0.05) is 56.1 Å². The summed E-state index contributed by atoms with van der Waals surface area (Å²) in [4.78, 5) is 7.47. The Morgan fingerprint density at radius 3 is 2.53 bits per heavy atom. The maximum Gasteiger partial charge on any atom is 0.350 e. The van der Waals surface area contributed by atoms with E-state index < -0.39 is 12.0 Å².